The summed E-state index contributed by atoms with van der Waals surface area (Å²) in [5.41, 5.74) is -1.39. The first-order valence-electron chi connectivity index (χ1n) is 13.0. The van der Waals surface area contributed by atoms with E-state index in [1.54, 1.807) is 19.1 Å². The van der Waals surface area contributed by atoms with Crippen molar-refractivity contribution in [1.29, 1.82) is 0 Å². The molecule has 1 aliphatic carbocycles. The van der Waals surface area contributed by atoms with Crippen molar-refractivity contribution in [2.24, 2.45) is 11.3 Å². The van der Waals surface area contributed by atoms with Crippen molar-refractivity contribution in [3.8, 4) is 11.5 Å². The van der Waals surface area contributed by atoms with Gasteiger partial charge in [-0.3, -0.25) is 0 Å². The van der Waals surface area contributed by atoms with Crippen LogP contribution in [0.4, 0.5) is 0 Å². The summed E-state index contributed by atoms with van der Waals surface area (Å²) in [6, 6.07) is 3.98. The molecule has 2 fully saturated rings. The average molecular weight is 553 g/mol. The predicted molar refractivity (Wildman–Crippen MR) is 139 cm³/mol. The van der Waals surface area contributed by atoms with Crippen LogP contribution < -0.4 is 0 Å². The van der Waals surface area contributed by atoms with E-state index in [4.69, 9.17) is 14.2 Å². The van der Waals surface area contributed by atoms with E-state index < -0.39 is 66.5 Å². The van der Waals surface area contributed by atoms with Gasteiger partial charge in [0.15, 0.2) is 17.8 Å². The fourth-order valence-corrected chi connectivity index (χ4v) is 5.21. The van der Waals surface area contributed by atoms with Crippen LogP contribution in [0.25, 0.3) is 6.08 Å². The second-order valence-electron chi connectivity index (χ2n) is 11.1. The van der Waals surface area contributed by atoms with Gasteiger partial charge in [-0.1, -0.05) is 39.0 Å². The number of benzene rings is 1. The van der Waals surface area contributed by atoms with Gasteiger partial charge in [0, 0.05) is 6.08 Å². The van der Waals surface area contributed by atoms with Crippen molar-refractivity contribution in [2.75, 3.05) is 6.61 Å². The van der Waals surface area contributed by atoms with E-state index in [0.717, 1.165) is 6.08 Å². The van der Waals surface area contributed by atoms with Crippen molar-refractivity contribution in [3.63, 3.8) is 0 Å². The molecule has 1 saturated heterocycles. The molecule has 1 aliphatic heterocycles. The van der Waals surface area contributed by atoms with Gasteiger partial charge in [-0.2, -0.15) is 0 Å². The van der Waals surface area contributed by atoms with Crippen LogP contribution in [0.3, 0.4) is 0 Å². The van der Waals surface area contributed by atoms with Gasteiger partial charge in [-0.25, -0.2) is 4.79 Å². The molecule has 2 aliphatic rings. The normalized spacial score (nSPS) is 35.8. The van der Waals surface area contributed by atoms with E-state index in [2.05, 4.69) is 0 Å². The first-order chi connectivity index (χ1) is 18.1. The molecule has 1 aromatic rings. The van der Waals surface area contributed by atoms with Gasteiger partial charge in [0.25, 0.3) is 0 Å². The molecule has 0 radical (unpaired) electrons. The molecule has 1 heterocycles. The Labute approximate surface area is 227 Å². The van der Waals surface area contributed by atoms with E-state index in [1.165, 1.54) is 24.3 Å². The maximum absolute atomic E-state index is 12.1. The Hall–Kier alpha value is -2.51. The van der Waals surface area contributed by atoms with Crippen molar-refractivity contribution in [1.82, 2.24) is 0 Å². The second kappa shape index (κ2) is 12.3. The fourth-order valence-electron chi connectivity index (χ4n) is 5.21. The van der Waals surface area contributed by atoms with E-state index in [-0.39, 0.29) is 17.4 Å². The smallest absolute Gasteiger partial charge is 0.330 e. The molecule has 39 heavy (non-hydrogen) atoms. The highest BCUT2D eigenvalue weighted by molar-refractivity contribution is 5.87. The number of phenols is 2. The molecule has 0 unspecified atom stereocenters. The zero-order chi connectivity index (χ0) is 29.1. The number of hydrogen-bond acceptors (Lipinski definition) is 11. The van der Waals surface area contributed by atoms with Crippen LogP contribution >= 0.6 is 0 Å². The lowest BCUT2D eigenvalue weighted by Gasteiger charge is -2.50. The molecule has 3 rings (SSSR count). The van der Waals surface area contributed by atoms with Crippen molar-refractivity contribution in [2.45, 2.75) is 89.1 Å². The topological polar surface area (TPSA) is 186 Å². The number of rotatable bonds is 8. The third-order valence-electron chi connectivity index (χ3n) is 7.65. The van der Waals surface area contributed by atoms with Crippen LogP contribution in [0.2, 0.25) is 0 Å². The zero-order valence-corrected chi connectivity index (χ0v) is 22.5. The monoisotopic (exact) mass is 552 g/mol. The minimum atomic E-state index is -1.64. The van der Waals surface area contributed by atoms with Gasteiger partial charge in [0.05, 0.1) is 17.8 Å². The third kappa shape index (κ3) is 7.17. The Bertz CT molecular complexity index is 1050. The summed E-state index contributed by atoms with van der Waals surface area (Å²) in [4.78, 5) is 12.1. The SMILES string of the molecule is C[C@@H](/C=C/[C@]1(O)[C@@H](C)C[C@@H](O)CC1(C)C)O[C@H]1O[C@@H](COC(=O)/C=C/c2ccc(O)c(O)c2)[C@H](O)[C@@H](O)[C@@H]1O. The zero-order valence-electron chi connectivity index (χ0n) is 22.5. The highest BCUT2D eigenvalue weighted by atomic mass is 16.7. The Morgan fingerprint density at radius 2 is 1.82 bits per heavy atom. The van der Waals surface area contributed by atoms with Crippen LogP contribution in [0.5, 0.6) is 11.5 Å². The van der Waals surface area contributed by atoms with Crippen LogP contribution in [-0.2, 0) is 19.0 Å². The van der Waals surface area contributed by atoms with Crippen LogP contribution in [0.1, 0.15) is 46.1 Å². The van der Waals surface area contributed by atoms with E-state index in [9.17, 15) is 40.5 Å². The Morgan fingerprint density at radius 3 is 2.46 bits per heavy atom. The highest BCUT2D eigenvalue weighted by Gasteiger charge is 2.50. The summed E-state index contributed by atoms with van der Waals surface area (Å²) in [6.07, 6.45) is -2.00. The Balaban J connectivity index is 1.60. The minimum Gasteiger partial charge on any atom is -0.504 e. The molecule has 7 N–H and O–H groups in total. The van der Waals surface area contributed by atoms with E-state index >= 15 is 0 Å². The van der Waals surface area contributed by atoms with Gasteiger partial charge >= 0.3 is 5.97 Å². The Morgan fingerprint density at radius 1 is 1.13 bits per heavy atom. The molecule has 11 nitrogen and oxygen atoms in total. The molecule has 9 atom stereocenters. The standard InChI is InChI=1S/C28H40O11/c1-15-11-18(29)13-27(3,4)28(15,36)10-9-16(2)38-26-25(35)24(34)23(33)21(39-26)14-37-22(32)8-6-17-5-7-19(30)20(31)12-17/h5-10,12,15-16,18,21,23-26,29-31,33-36H,11,13-14H2,1-4H3/b8-6+,10-9+/t15-,16-,18+,21-,23-,24+,25-,26-,28-/m0/s1. The predicted octanol–water partition coefficient (Wildman–Crippen LogP) is 0.971. The largest absolute Gasteiger partial charge is 0.504 e. The third-order valence-corrected chi connectivity index (χ3v) is 7.65. The molecular formula is C28H40O11. The number of aliphatic hydroxyl groups excluding tert-OH is 4. The summed E-state index contributed by atoms with van der Waals surface area (Å²) in [7, 11) is 0. The van der Waals surface area contributed by atoms with Gasteiger partial charge in [-0.05, 0) is 54.9 Å². The second-order valence-corrected chi connectivity index (χ2v) is 11.1. The minimum absolute atomic E-state index is 0.221. The van der Waals surface area contributed by atoms with Crippen LogP contribution in [0.15, 0.2) is 36.4 Å². The molecule has 0 amide bonds. The number of esters is 1. The summed E-state index contributed by atoms with van der Waals surface area (Å²) >= 11 is 0. The van der Waals surface area contributed by atoms with Crippen molar-refractivity contribution >= 4 is 12.0 Å². The molecule has 0 bridgehead atoms. The lowest BCUT2D eigenvalue weighted by molar-refractivity contribution is -0.306. The molecule has 11 heteroatoms. The van der Waals surface area contributed by atoms with Gasteiger partial charge in [0.1, 0.15) is 31.0 Å². The lowest BCUT2D eigenvalue weighted by Crippen LogP contribution is -2.59. The van der Waals surface area contributed by atoms with E-state index in [1.807, 2.05) is 20.8 Å². The number of phenolic OH excluding ortho intramolecular Hbond substituents is 2. The maximum atomic E-state index is 12.1. The number of carbonyl (C=O) groups is 1. The summed E-state index contributed by atoms with van der Waals surface area (Å²) in [6.45, 7) is 6.82. The fraction of sp³-hybridized carbons (Fsp3) is 0.607. The summed E-state index contributed by atoms with van der Waals surface area (Å²) < 4.78 is 16.5. The molecule has 1 saturated carbocycles. The van der Waals surface area contributed by atoms with Crippen molar-refractivity contribution in [3.05, 3.63) is 42.0 Å². The van der Waals surface area contributed by atoms with Gasteiger partial charge < -0.3 is 50.0 Å². The quantitative estimate of drug-likeness (QED) is 0.105. The molecular weight excluding hydrogens is 512 g/mol. The first kappa shape index (κ1) is 31.0. The number of aliphatic hydroxyl groups is 5. The number of carbonyl (C=O) groups excluding carboxylic acids is 1. The van der Waals surface area contributed by atoms with Crippen LogP contribution in [0, 0.1) is 11.3 Å². The maximum Gasteiger partial charge on any atom is 0.330 e. The van der Waals surface area contributed by atoms with Gasteiger partial charge in [0.2, 0.25) is 0 Å². The highest BCUT2D eigenvalue weighted by Crippen LogP contribution is 2.48. The molecule has 0 aromatic heterocycles. The molecule has 218 valence electrons. The number of aromatic hydroxyl groups is 2. The van der Waals surface area contributed by atoms with E-state index in [0.29, 0.717) is 18.4 Å². The Kier molecular flexibility index (Phi) is 9.82. The lowest BCUT2D eigenvalue weighted by atomic mass is 9.60. The molecule has 0 spiro atoms. The number of ether oxygens (including phenoxy) is 3. The summed E-state index contributed by atoms with van der Waals surface area (Å²) in [5.74, 6) is -1.67. The van der Waals surface area contributed by atoms with Crippen LogP contribution in [-0.4, -0.2) is 96.8 Å². The molecule has 1 aromatic carbocycles. The first-order valence-corrected chi connectivity index (χ1v) is 13.0. The summed E-state index contributed by atoms with van der Waals surface area (Å²) in [5, 5.41) is 71.5. The number of hydrogen-bond donors (Lipinski definition) is 7. The van der Waals surface area contributed by atoms with Gasteiger partial charge in [-0.15, -0.1) is 0 Å². The van der Waals surface area contributed by atoms with Crippen molar-refractivity contribution < 1.29 is 54.8 Å². The average Bonchev–Trinajstić information content (AvgIpc) is 2.86.